The Morgan fingerprint density at radius 2 is 1.81 bits per heavy atom. The van der Waals surface area contributed by atoms with E-state index in [9.17, 15) is 0 Å². The van der Waals surface area contributed by atoms with Crippen LogP contribution in [0.25, 0.3) is 0 Å². The van der Waals surface area contributed by atoms with Gasteiger partial charge in [-0.05, 0) is 37.2 Å². The van der Waals surface area contributed by atoms with Gasteiger partial charge in [0.25, 0.3) is 0 Å². The van der Waals surface area contributed by atoms with Crippen molar-refractivity contribution in [3.63, 3.8) is 0 Å². The second-order valence-corrected chi connectivity index (χ2v) is 8.12. The van der Waals surface area contributed by atoms with Crippen LogP contribution in [-0.2, 0) is 0 Å². The first-order valence-corrected chi connectivity index (χ1v) is 9.88. The SMILES string of the molecule is N=C(c1cccc(N)c1Cl)c1ncc(N2CCC3(CCCC3)CC2)nc1N. The van der Waals surface area contributed by atoms with Crippen LogP contribution in [0.5, 0.6) is 0 Å². The number of nitrogens with zero attached hydrogens (tertiary/aromatic N) is 3. The zero-order chi connectivity index (χ0) is 19.0. The monoisotopic (exact) mass is 384 g/mol. The molecular formula is C20H25ClN6. The van der Waals surface area contributed by atoms with Gasteiger partial charge in [-0.3, -0.25) is 5.41 Å². The highest BCUT2D eigenvalue weighted by molar-refractivity contribution is 6.37. The predicted octanol–water partition coefficient (Wildman–Crippen LogP) is 3.87. The third kappa shape index (κ3) is 3.34. The van der Waals surface area contributed by atoms with Crippen molar-refractivity contribution in [3.8, 4) is 0 Å². The normalized spacial score (nSPS) is 18.8. The second-order valence-electron chi connectivity index (χ2n) is 7.74. The van der Waals surface area contributed by atoms with Crippen LogP contribution in [0.15, 0.2) is 24.4 Å². The van der Waals surface area contributed by atoms with Crippen LogP contribution in [-0.4, -0.2) is 28.8 Å². The fourth-order valence-electron chi connectivity index (χ4n) is 4.44. The van der Waals surface area contributed by atoms with Crippen molar-refractivity contribution >= 4 is 34.6 Å². The molecule has 1 spiro atoms. The molecule has 1 saturated carbocycles. The molecule has 5 N–H and O–H groups in total. The van der Waals surface area contributed by atoms with E-state index in [1.165, 1.54) is 38.5 Å². The van der Waals surface area contributed by atoms with Gasteiger partial charge in [-0.25, -0.2) is 9.97 Å². The van der Waals surface area contributed by atoms with Gasteiger partial charge in [0.05, 0.1) is 22.6 Å². The highest BCUT2D eigenvalue weighted by atomic mass is 35.5. The van der Waals surface area contributed by atoms with Gasteiger partial charge in [0.1, 0.15) is 11.5 Å². The molecular weight excluding hydrogens is 360 g/mol. The molecule has 1 saturated heterocycles. The minimum Gasteiger partial charge on any atom is -0.398 e. The van der Waals surface area contributed by atoms with Crippen LogP contribution in [0.4, 0.5) is 17.3 Å². The fraction of sp³-hybridized carbons (Fsp3) is 0.450. The summed E-state index contributed by atoms with van der Waals surface area (Å²) in [4.78, 5) is 11.2. The quantitative estimate of drug-likeness (QED) is 0.550. The van der Waals surface area contributed by atoms with Gasteiger partial charge >= 0.3 is 0 Å². The lowest BCUT2D eigenvalue weighted by Gasteiger charge is -2.39. The Labute approximate surface area is 164 Å². The Hall–Kier alpha value is -2.34. The summed E-state index contributed by atoms with van der Waals surface area (Å²) in [5.41, 5.74) is 13.9. The number of hydrogen-bond acceptors (Lipinski definition) is 6. The molecule has 2 fully saturated rings. The Morgan fingerprint density at radius 3 is 2.48 bits per heavy atom. The average Bonchev–Trinajstić information content (AvgIpc) is 3.12. The molecule has 142 valence electrons. The Kier molecular flexibility index (Phi) is 4.68. The first-order chi connectivity index (χ1) is 13.0. The van der Waals surface area contributed by atoms with E-state index in [0.717, 1.165) is 18.9 Å². The third-order valence-corrected chi connectivity index (χ3v) is 6.56. The minimum absolute atomic E-state index is 0.132. The van der Waals surface area contributed by atoms with Crippen molar-refractivity contribution in [2.45, 2.75) is 38.5 Å². The highest BCUT2D eigenvalue weighted by Gasteiger charge is 2.37. The van der Waals surface area contributed by atoms with Crippen LogP contribution < -0.4 is 16.4 Å². The molecule has 1 aliphatic carbocycles. The van der Waals surface area contributed by atoms with Gasteiger partial charge in [0, 0.05) is 18.7 Å². The summed E-state index contributed by atoms with van der Waals surface area (Å²) in [6, 6.07) is 5.20. The van der Waals surface area contributed by atoms with E-state index < -0.39 is 0 Å². The third-order valence-electron chi connectivity index (χ3n) is 6.13. The number of rotatable bonds is 3. The van der Waals surface area contributed by atoms with Gasteiger partial charge in [0.15, 0.2) is 5.82 Å². The summed E-state index contributed by atoms with van der Waals surface area (Å²) in [5.74, 6) is 1.03. The van der Waals surface area contributed by atoms with Gasteiger partial charge in [0.2, 0.25) is 0 Å². The number of aromatic nitrogens is 2. The van der Waals surface area contributed by atoms with Crippen molar-refractivity contribution in [1.29, 1.82) is 5.41 Å². The molecule has 27 heavy (non-hydrogen) atoms. The summed E-state index contributed by atoms with van der Waals surface area (Å²) in [5, 5.41) is 8.78. The number of benzene rings is 1. The molecule has 6 nitrogen and oxygen atoms in total. The van der Waals surface area contributed by atoms with E-state index >= 15 is 0 Å². The van der Waals surface area contributed by atoms with Gasteiger partial charge in [-0.1, -0.05) is 36.6 Å². The lowest BCUT2D eigenvalue weighted by atomic mass is 9.77. The average molecular weight is 385 g/mol. The molecule has 2 aliphatic rings. The lowest BCUT2D eigenvalue weighted by Crippen LogP contribution is -2.39. The summed E-state index contributed by atoms with van der Waals surface area (Å²) in [7, 11) is 0. The lowest BCUT2D eigenvalue weighted by molar-refractivity contribution is 0.226. The molecule has 0 amide bonds. The maximum atomic E-state index is 8.44. The molecule has 0 atom stereocenters. The van der Waals surface area contributed by atoms with E-state index in [-0.39, 0.29) is 11.5 Å². The molecule has 2 aromatic rings. The van der Waals surface area contributed by atoms with Gasteiger partial charge in [-0.2, -0.15) is 0 Å². The molecule has 0 unspecified atom stereocenters. The van der Waals surface area contributed by atoms with E-state index in [2.05, 4.69) is 14.9 Å². The molecule has 2 heterocycles. The van der Waals surface area contributed by atoms with E-state index in [1.54, 1.807) is 24.4 Å². The first-order valence-electron chi connectivity index (χ1n) is 9.50. The number of halogens is 1. The molecule has 0 bridgehead atoms. The number of piperidine rings is 1. The van der Waals surface area contributed by atoms with Crippen molar-refractivity contribution in [1.82, 2.24) is 9.97 Å². The number of anilines is 3. The zero-order valence-electron chi connectivity index (χ0n) is 15.3. The van der Waals surface area contributed by atoms with Gasteiger partial charge < -0.3 is 16.4 Å². The van der Waals surface area contributed by atoms with Crippen LogP contribution in [0.3, 0.4) is 0 Å². The number of nitrogens with one attached hydrogen (secondary N) is 1. The van der Waals surface area contributed by atoms with Crippen LogP contribution in [0, 0.1) is 10.8 Å². The Bertz CT molecular complexity index is 865. The number of nitrogens with two attached hydrogens (primary N) is 2. The molecule has 4 rings (SSSR count). The van der Waals surface area contributed by atoms with E-state index in [4.69, 9.17) is 28.5 Å². The molecule has 7 heteroatoms. The van der Waals surface area contributed by atoms with Crippen molar-refractivity contribution in [3.05, 3.63) is 40.7 Å². The van der Waals surface area contributed by atoms with E-state index in [0.29, 0.717) is 27.4 Å². The van der Waals surface area contributed by atoms with Crippen LogP contribution in [0.1, 0.15) is 49.8 Å². The number of nitrogen functional groups attached to an aromatic ring is 2. The topological polar surface area (TPSA) is 105 Å². The molecule has 1 aromatic carbocycles. The minimum atomic E-state index is 0.132. The second kappa shape index (κ2) is 7.00. The van der Waals surface area contributed by atoms with Crippen LogP contribution in [0.2, 0.25) is 5.02 Å². The summed E-state index contributed by atoms with van der Waals surface area (Å²) in [6.07, 6.45) is 9.62. The first kappa shape index (κ1) is 18.0. The predicted molar refractivity (Wildman–Crippen MR) is 111 cm³/mol. The summed E-state index contributed by atoms with van der Waals surface area (Å²) >= 11 is 6.24. The zero-order valence-corrected chi connectivity index (χ0v) is 16.1. The van der Waals surface area contributed by atoms with Gasteiger partial charge in [-0.15, -0.1) is 0 Å². The standard InChI is InChI=1S/C20H25ClN6/c21-16-13(4-3-5-14(16)22)17(23)18-19(24)26-15(12-25-18)27-10-8-20(9-11-27)6-1-2-7-20/h3-5,12,23H,1-2,6-11,22H2,(H2,24,26). The van der Waals surface area contributed by atoms with E-state index in [1.807, 2.05) is 0 Å². The van der Waals surface area contributed by atoms with Crippen molar-refractivity contribution < 1.29 is 0 Å². The summed E-state index contributed by atoms with van der Waals surface area (Å²) < 4.78 is 0. The smallest absolute Gasteiger partial charge is 0.154 e. The maximum absolute atomic E-state index is 8.44. The Morgan fingerprint density at radius 1 is 1.11 bits per heavy atom. The fourth-order valence-corrected chi connectivity index (χ4v) is 4.66. The maximum Gasteiger partial charge on any atom is 0.154 e. The molecule has 1 aromatic heterocycles. The molecule has 0 radical (unpaired) electrons. The highest BCUT2D eigenvalue weighted by Crippen LogP contribution is 2.46. The number of hydrogen-bond donors (Lipinski definition) is 3. The molecule has 1 aliphatic heterocycles. The summed E-state index contributed by atoms with van der Waals surface area (Å²) in [6.45, 7) is 1.98. The Balaban J connectivity index is 1.53. The van der Waals surface area contributed by atoms with Crippen LogP contribution >= 0.6 is 11.6 Å². The largest absolute Gasteiger partial charge is 0.398 e. The van der Waals surface area contributed by atoms with Crippen molar-refractivity contribution in [2.24, 2.45) is 5.41 Å². The van der Waals surface area contributed by atoms with Crippen molar-refractivity contribution in [2.75, 3.05) is 29.5 Å².